The molecule has 4 heteroatoms. The molecule has 1 rings (SSSR count). The smallest absolute Gasteiger partial charge is 0.333 e. The summed E-state index contributed by atoms with van der Waals surface area (Å²) in [6, 6.07) is 0. The predicted molar refractivity (Wildman–Crippen MR) is 71.5 cm³/mol. The van der Waals surface area contributed by atoms with Crippen molar-refractivity contribution in [3.05, 3.63) is 11.6 Å². The summed E-state index contributed by atoms with van der Waals surface area (Å²) in [5.41, 5.74) is 0.768. The average Bonchev–Trinajstić information content (AvgIpc) is 2.41. The molecule has 1 saturated heterocycles. The molecule has 104 valence electrons. The van der Waals surface area contributed by atoms with Crippen molar-refractivity contribution in [2.24, 2.45) is 0 Å². The lowest BCUT2D eigenvalue weighted by Gasteiger charge is -2.31. The molecule has 1 aliphatic rings. The molecular formula is C14H25NO3. The molecule has 0 bridgehead atoms. The second kappa shape index (κ2) is 8.27. The standard InChI is InChI=1S/C14H25NO3/c1-4-12(14(16)17-3)6-9-15-10-7-13(8-11-15)18-5-2/h6,13H,4-5,7-11H2,1-3H3. The molecule has 0 aromatic heterocycles. The highest BCUT2D eigenvalue weighted by molar-refractivity contribution is 5.88. The van der Waals surface area contributed by atoms with Crippen LogP contribution in [0.5, 0.6) is 0 Å². The number of methoxy groups -OCH3 is 1. The quantitative estimate of drug-likeness (QED) is 0.537. The van der Waals surface area contributed by atoms with Gasteiger partial charge in [0.25, 0.3) is 0 Å². The number of ether oxygens (including phenoxy) is 2. The van der Waals surface area contributed by atoms with Crippen molar-refractivity contribution in [2.75, 3.05) is 33.4 Å². The second-order valence-electron chi connectivity index (χ2n) is 4.53. The van der Waals surface area contributed by atoms with Crippen LogP contribution in [0.25, 0.3) is 0 Å². The van der Waals surface area contributed by atoms with E-state index in [4.69, 9.17) is 9.47 Å². The van der Waals surface area contributed by atoms with Crippen LogP contribution in [0.15, 0.2) is 11.6 Å². The highest BCUT2D eigenvalue weighted by Crippen LogP contribution is 2.14. The first-order valence-electron chi connectivity index (χ1n) is 6.82. The number of rotatable bonds is 6. The van der Waals surface area contributed by atoms with Crippen molar-refractivity contribution in [3.63, 3.8) is 0 Å². The molecule has 0 saturated carbocycles. The van der Waals surface area contributed by atoms with Gasteiger partial charge >= 0.3 is 5.97 Å². The number of nitrogens with zero attached hydrogens (tertiary/aromatic N) is 1. The molecule has 0 aliphatic carbocycles. The van der Waals surface area contributed by atoms with Gasteiger partial charge in [0.05, 0.1) is 13.2 Å². The minimum Gasteiger partial charge on any atom is -0.466 e. The van der Waals surface area contributed by atoms with Gasteiger partial charge in [-0.2, -0.15) is 0 Å². The molecule has 1 heterocycles. The van der Waals surface area contributed by atoms with Gasteiger partial charge in [-0.15, -0.1) is 0 Å². The molecule has 1 fully saturated rings. The Morgan fingerprint density at radius 3 is 2.50 bits per heavy atom. The highest BCUT2D eigenvalue weighted by atomic mass is 16.5. The predicted octanol–water partition coefficient (Wildman–Crippen LogP) is 2.00. The van der Waals surface area contributed by atoms with E-state index in [2.05, 4.69) is 4.90 Å². The number of esters is 1. The van der Waals surface area contributed by atoms with Crippen molar-refractivity contribution in [1.82, 2.24) is 4.90 Å². The fourth-order valence-electron chi connectivity index (χ4n) is 2.24. The molecule has 0 unspecified atom stereocenters. The van der Waals surface area contributed by atoms with E-state index in [1.54, 1.807) is 0 Å². The van der Waals surface area contributed by atoms with Crippen molar-refractivity contribution in [2.45, 2.75) is 39.2 Å². The Hall–Kier alpha value is -0.870. The number of hydrogen-bond acceptors (Lipinski definition) is 4. The molecular weight excluding hydrogens is 230 g/mol. The molecule has 18 heavy (non-hydrogen) atoms. The summed E-state index contributed by atoms with van der Waals surface area (Å²) in [5, 5.41) is 0. The number of hydrogen-bond donors (Lipinski definition) is 0. The number of likely N-dealkylation sites (tertiary alicyclic amines) is 1. The zero-order valence-electron chi connectivity index (χ0n) is 11.8. The molecule has 0 amide bonds. The maximum absolute atomic E-state index is 11.4. The van der Waals surface area contributed by atoms with E-state index in [-0.39, 0.29) is 5.97 Å². The molecule has 0 radical (unpaired) electrons. The first kappa shape index (κ1) is 15.2. The average molecular weight is 255 g/mol. The Morgan fingerprint density at radius 2 is 2.00 bits per heavy atom. The largest absolute Gasteiger partial charge is 0.466 e. The zero-order chi connectivity index (χ0) is 13.4. The van der Waals surface area contributed by atoms with Crippen LogP contribution in [0.1, 0.15) is 33.1 Å². The first-order chi connectivity index (χ1) is 8.71. The van der Waals surface area contributed by atoms with Crippen LogP contribution in [0.3, 0.4) is 0 Å². The summed E-state index contributed by atoms with van der Waals surface area (Å²) in [4.78, 5) is 13.8. The van der Waals surface area contributed by atoms with Crippen LogP contribution >= 0.6 is 0 Å². The lowest BCUT2D eigenvalue weighted by molar-refractivity contribution is -0.136. The molecule has 0 aromatic rings. The highest BCUT2D eigenvalue weighted by Gasteiger charge is 2.18. The maximum atomic E-state index is 11.4. The van der Waals surface area contributed by atoms with Crippen molar-refractivity contribution >= 4 is 5.97 Å². The molecule has 0 atom stereocenters. The van der Waals surface area contributed by atoms with Crippen LogP contribution in [-0.2, 0) is 14.3 Å². The lowest BCUT2D eigenvalue weighted by atomic mass is 10.1. The molecule has 1 aliphatic heterocycles. The Morgan fingerprint density at radius 1 is 1.33 bits per heavy atom. The van der Waals surface area contributed by atoms with Gasteiger partial charge in [-0.1, -0.05) is 13.0 Å². The minimum atomic E-state index is -0.207. The maximum Gasteiger partial charge on any atom is 0.333 e. The third-order valence-corrected chi connectivity index (χ3v) is 3.36. The van der Waals surface area contributed by atoms with Crippen LogP contribution in [-0.4, -0.2) is 50.3 Å². The Bertz CT molecular complexity index is 281. The molecule has 0 N–H and O–H groups in total. The van der Waals surface area contributed by atoms with Gasteiger partial charge in [0.2, 0.25) is 0 Å². The summed E-state index contributed by atoms with van der Waals surface area (Å²) in [5.74, 6) is -0.207. The Labute approximate surface area is 110 Å². The topological polar surface area (TPSA) is 38.8 Å². The minimum absolute atomic E-state index is 0.207. The van der Waals surface area contributed by atoms with E-state index in [1.807, 2.05) is 19.9 Å². The third-order valence-electron chi connectivity index (χ3n) is 3.36. The molecule has 0 spiro atoms. The normalized spacial score (nSPS) is 18.9. The van der Waals surface area contributed by atoms with Crippen LogP contribution < -0.4 is 0 Å². The summed E-state index contributed by atoms with van der Waals surface area (Å²) >= 11 is 0. The van der Waals surface area contributed by atoms with Crippen LogP contribution in [0, 0.1) is 0 Å². The fraction of sp³-hybridized carbons (Fsp3) is 0.786. The van der Waals surface area contributed by atoms with Gasteiger partial charge in [0, 0.05) is 31.8 Å². The van der Waals surface area contributed by atoms with Crippen LogP contribution in [0.2, 0.25) is 0 Å². The molecule has 0 aromatic carbocycles. The van der Waals surface area contributed by atoms with Crippen molar-refractivity contribution < 1.29 is 14.3 Å². The van der Waals surface area contributed by atoms with Gasteiger partial charge in [-0.05, 0) is 26.2 Å². The van der Waals surface area contributed by atoms with Crippen LogP contribution in [0.4, 0.5) is 0 Å². The van der Waals surface area contributed by atoms with Gasteiger partial charge in [-0.3, -0.25) is 4.90 Å². The van der Waals surface area contributed by atoms with E-state index in [0.717, 1.165) is 51.1 Å². The first-order valence-corrected chi connectivity index (χ1v) is 6.82. The second-order valence-corrected chi connectivity index (χ2v) is 4.53. The summed E-state index contributed by atoms with van der Waals surface area (Å²) in [6.45, 7) is 7.73. The summed E-state index contributed by atoms with van der Waals surface area (Å²) in [6.07, 6.45) is 5.30. The van der Waals surface area contributed by atoms with E-state index >= 15 is 0 Å². The van der Waals surface area contributed by atoms with Gasteiger partial charge < -0.3 is 9.47 Å². The summed E-state index contributed by atoms with van der Waals surface area (Å²) < 4.78 is 10.4. The Kier molecular flexibility index (Phi) is 6.98. The Balaban J connectivity index is 2.36. The zero-order valence-corrected chi connectivity index (χ0v) is 11.8. The van der Waals surface area contributed by atoms with E-state index in [1.165, 1.54) is 7.11 Å². The summed E-state index contributed by atoms with van der Waals surface area (Å²) in [7, 11) is 1.43. The van der Waals surface area contributed by atoms with Crippen molar-refractivity contribution in [3.8, 4) is 0 Å². The molecule has 4 nitrogen and oxygen atoms in total. The lowest BCUT2D eigenvalue weighted by Crippen LogP contribution is -2.37. The third kappa shape index (κ3) is 4.78. The van der Waals surface area contributed by atoms with Gasteiger partial charge in [0.15, 0.2) is 0 Å². The van der Waals surface area contributed by atoms with E-state index in [9.17, 15) is 4.79 Å². The SMILES string of the molecule is CCOC1CCN(CC=C(CC)C(=O)OC)CC1. The monoisotopic (exact) mass is 255 g/mol. The number of carbonyl (C=O) groups excluding carboxylic acids is 1. The van der Waals surface area contributed by atoms with Crippen molar-refractivity contribution in [1.29, 1.82) is 0 Å². The van der Waals surface area contributed by atoms with E-state index < -0.39 is 0 Å². The number of carbonyl (C=O) groups is 1. The fourth-order valence-corrected chi connectivity index (χ4v) is 2.24. The number of piperidine rings is 1. The van der Waals surface area contributed by atoms with Gasteiger partial charge in [-0.25, -0.2) is 4.79 Å². The van der Waals surface area contributed by atoms with Gasteiger partial charge in [0.1, 0.15) is 0 Å². The van der Waals surface area contributed by atoms with E-state index in [0.29, 0.717) is 6.10 Å².